The van der Waals surface area contributed by atoms with Crippen LogP contribution >= 0.6 is 0 Å². The third kappa shape index (κ3) is 3.14. The molecule has 0 N–H and O–H groups in total. The van der Waals surface area contributed by atoms with Crippen molar-refractivity contribution in [2.24, 2.45) is 0 Å². The molecule has 0 saturated heterocycles. The monoisotopic (exact) mass is 496 g/mol. The molecule has 39 heavy (non-hydrogen) atoms. The van der Waals surface area contributed by atoms with Crippen molar-refractivity contribution in [3.05, 3.63) is 141 Å². The number of nitriles is 4. The van der Waals surface area contributed by atoms with Crippen molar-refractivity contribution in [1.82, 2.24) is 0 Å². The Hall–Kier alpha value is -5.42. The van der Waals surface area contributed by atoms with E-state index in [9.17, 15) is 21.0 Å². The summed E-state index contributed by atoms with van der Waals surface area (Å²) in [6.45, 7) is 0. The molecular formula is C35H20N4. The number of allylic oxidation sites excluding steroid dienone is 2. The summed E-state index contributed by atoms with van der Waals surface area (Å²) < 4.78 is 0. The van der Waals surface area contributed by atoms with Crippen LogP contribution in [0.1, 0.15) is 68.2 Å². The van der Waals surface area contributed by atoms with Gasteiger partial charge in [0, 0.05) is 23.7 Å². The molecule has 0 aliphatic heterocycles. The fourth-order valence-electron chi connectivity index (χ4n) is 7.42. The van der Waals surface area contributed by atoms with Gasteiger partial charge in [0.1, 0.15) is 17.7 Å². The van der Waals surface area contributed by atoms with Gasteiger partial charge in [-0.3, -0.25) is 0 Å². The fraction of sp³-hybridized carbons (Fsp3) is 0.143. The number of hydrogen-bond acceptors (Lipinski definition) is 4. The maximum atomic E-state index is 10.2. The largest absolute Gasteiger partial charge is 0.192 e. The van der Waals surface area contributed by atoms with Crippen LogP contribution in [0.2, 0.25) is 0 Å². The molecule has 0 amide bonds. The summed E-state index contributed by atoms with van der Waals surface area (Å²) >= 11 is 0. The van der Waals surface area contributed by atoms with Crippen molar-refractivity contribution in [2.75, 3.05) is 0 Å². The van der Waals surface area contributed by atoms with E-state index >= 15 is 0 Å². The molecule has 180 valence electrons. The highest BCUT2D eigenvalue weighted by atomic mass is 14.6. The average Bonchev–Trinajstić information content (AvgIpc) is 3.55. The minimum atomic E-state index is -0.221. The molecule has 0 aromatic heterocycles. The van der Waals surface area contributed by atoms with Crippen molar-refractivity contribution in [3.8, 4) is 35.4 Å². The number of rotatable bonds is 2. The second kappa shape index (κ2) is 8.57. The van der Waals surface area contributed by atoms with Gasteiger partial charge in [0.25, 0.3) is 0 Å². The second-order valence-corrected chi connectivity index (χ2v) is 10.5. The Kier molecular flexibility index (Phi) is 5.00. The Labute approximate surface area is 226 Å². The lowest BCUT2D eigenvalue weighted by atomic mass is 9.67. The van der Waals surface area contributed by atoms with Crippen LogP contribution in [0.4, 0.5) is 0 Å². The standard InChI is InChI=1S/C35H20N4/c36-16-20-7-11-22(12-8-20)31-33(26(18-38)19-39)32(23-13-9-21(17-37)10-14-23)35-28-6-2-4-25-15-24-3-1-5-27(34(31)35)29(24)30(25)28/h1-14,31-32,34-35H,15H2. The molecule has 0 radical (unpaired) electrons. The summed E-state index contributed by atoms with van der Waals surface area (Å²) in [6.07, 6.45) is 0.902. The minimum absolute atomic E-state index is 0.000999. The first-order valence-corrected chi connectivity index (χ1v) is 13.0. The molecule has 4 heteroatoms. The summed E-state index contributed by atoms with van der Waals surface area (Å²) in [5.74, 6) is -0.439. The lowest BCUT2D eigenvalue weighted by Gasteiger charge is -2.35. The van der Waals surface area contributed by atoms with E-state index in [0.717, 1.165) is 23.1 Å². The maximum absolute atomic E-state index is 10.2. The summed E-state index contributed by atoms with van der Waals surface area (Å²) in [7, 11) is 0. The van der Waals surface area contributed by atoms with Gasteiger partial charge in [0.05, 0.1) is 23.3 Å². The average molecular weight is 497 g/mol. The van der Waals surface area contributed by atoms with Gasteiger partial charge in [-0.05, 0) is 80.8 Å². The van der Waals surface area contributed by atoms with Crippen LogP contribution < -0.4 is 0 Å². The van der Waals surface area contributed by atoms with Crippen LogP contribution in [-0.4, -0.2) is 0 Å². The van der Waals surface area contributed by atoms with Crippen LogP contribution in [0.25, 0.3) is 11.1 Å². The Balaban J connectivity index is 1.59. The minimum Gasteiger partial charge on any atom is -0.192 e. The Bertz CT molecular complexity index is 1750. The van der Waals surface area contributed by atoms with E-state index in [1.807, 2.05) is 48.5 Å². The molecule has 1 fully saturated rings. The number of nitrogens with zero attached hydrogens (tertiary/aromatic N) is 4. The summed E-state index contributed by atoms with van der Waals surface area (Å²) in [4.78, 5) is 0. The van der Waals surface area contributed by atoms with Crippen molar-refractivity contribution in [3.63, 3.8) is 0 Å². The van der Waals surface area contributed by atoms with Gasteiger partial charge in [-0.25, -0.2) is 0 Å². The lowest BCUT2D eigenvalue weighted by Crippen LogP contribution is -2.19. The van der Waals surface area contributed by atoms with E-state index in [-0.39, 0.29) is 29.2 Å². The first kappa shape index (κ1) is 22.8. The SMILES string of the molecule is N#CC(C#N)=C1C(c2ccc(C#N)cc2)C2c3cccc4c3-c3c(cccc3C2C1c1ccc(C#N)cc1)C4. The van der Waals surface area contributed by atoms with Crippen molar-refractivity contribution in [2.45, 2.75) is 30.1 Å². The first-order valence-electron chi connectivity index (χ1n) is 13.0. The quantitative estimate of drug-likeness (QED) is 0.243. The van der Waals surface area contributed by atoms with Gasteiger partial charge in [-0.1, -0.05) is 60.7 Å². The zero-order valence-corrected chi connectivity index (χ0v) is 20.9. The fourth-order valence-corrected chi connectivity index (χ4v) is 7.42. The zero-order chi connectivity index (χ0) is 26.7. The predicted octanol–water partition coefficient (Wildman–Crippen LogP) is 7.11. The van der Waals surface area contributed by atoms with Gasteiger partial charge in [0.15, 0.2) is 0 Å². The molecule has 4 nitrogen and oxygen atoms in total. The molecule has 3 aliphatic rings. The topological polar surface area (TPSA) is 95.2 Å². The predicted molar refractivity (Wildman–Crippen MR) is 146 cm³/mol. The number of hydrogen-bond donors (Lipinski definition) is 0. The first-order chi connectivity index (χ1) is 19.2. The zero-order valence-electron chi connectivity index (χ0n) is 20.9. The Morgan fingerprint density at radius 3 is 1.38 bits per heavy atom. The van der Waals surface area contributed by atoms with Crippen LogP contribution in [0.3, 0.4) is 0 Å². The molecule has 0 bridgehead atoms. The third-order valence-corrected chi connectivity index (χ3v) is 8.80. The molecule has 7 rings (SSSR count). The second-order valence-electron chi connectivity index (χ2n) is 10.5. The highest BCUT2D eigenvalue weighted by molar-refractivity contribution is 5.86. The van der Waals surface area contributed by atoms with Gasteiger partial charge in [0.2, 0.25) is 0 Å². The molecule has 4 aromatic carbocycles. The molecular weight excluding hydrogens is 476 g/mol. The number of fused-ring (bicyclic) bond motifs is 3. The van der Waals surface area contributed by atoms with Crippen molar-refractivity contribution >= 4 is 0 Å². The Morgan fingerprint density at radius 1 is 0.564 bits per heavy atom. The van der Waals surface area contributed by atoms with Gasteiger partial charge in [-0.15, -0.1) is 0 Å². The molecule has 4 atom stereocenters. The Morgan fingerprint density at radius 2 is 1.00 bits per heavy atom. The van der Waals surface area contributed by atoms with Crippen LogP contribution in [0.15, 0.2) is 96.1 Å². The number of benzene rings is 4. The van der Waals surface area contributed by atoms with Crippen molar-refractivity contribution in [1.29, 1.82) is 21.0 Å². The highest BCUT2D eigenvalue weighted by Crippen LogP contribution is 2.69. The van der Waals surface area contributed by atoms with Gasteiger partial charge in [-0.2, -0.15) is 21.0 Å². The third-order valence-electron chi connectivity index (χ3n) is 8.80. The van der Waals surface area contributed by atoms with E-state index in [4.69, 9.17) is 0 Å². The molecule has 4 unspecified atom stereocenters. The summed E-state index contributed by atoms with van der Waals surface area (Å²) in [5, 5.41) is 39.4. The van der Waals surface area contributed by atoms with Crippen LogP contribution in [0.5, 0.6) is 0 Å². The van der Waals surface area contributed by atoms with Crippen LogP contribution in [0, 0.1) is 45.3 Å². The highest BCUT2D eigenvalue weighted by Gasteiger charge is 2.54. The van der Waals surface area contributed by atoms with E-state index in [2.05, 4.69) is 60.7 Å². The van der Waals surface area contributed by atoms with Crippen LogP contribution in [-0.2, 0) is 6.42 Å². The van der Waals surface area contributed by atoms with Gasteiger partial charge >= 0.3 is 0 Å². The van der Waals surface area contributed by atoms with Gasteiger partial charge < -0.3 is 0 Å². The van der Waals surface area contributed by atoms with E-state index < -0.39 is 0 Å². The van der Waals surface area contributed by atoms with E-state index in [1.165, 1.54) is 33.4 Å². The molecule has 0 spiro atoms. The molecule has 1 saturated carbocycles. The summed E-state index contributed by atoms with van der Waals surface area (Å²) in [5.41, 5.74) is 11.9. The maximum Gasteiger partial charge on any atom is 0.130 e. The van der Waals surface area contributed by atoms with E-state index in [0.29, 0.717) is 11.1 Å². The molecule has 0 heterocycles. The smallest absolute Gasteiger partial charge is 0.130 e. The molecule has 4 aromatic rings. The lowest BCUT2D eigenvalue weighted by molar-refractivity contribution is 0.547. The normalized spacial score (nSPS) is 21.1. The van der Waals surface area contributed by atoms with E-state index in [1.54, 1.807) is 0 Å². The molecule has 3 aliphatic carbocycles. The summed E-state index contributed by atoms with van der Waals surface area (Å²) in [6, 6.07) is 37.2. The van der Waals surface area contributed by atoms with Crippen molar-refractivity contribution < 1.29 is 0 Å².